The van der Waals surface area contributed by atoms with Gasteiger partial charge in [-0.1, -0.05) is 11.2 Å². The highest BCUT2D eigenvalue weighted by Gasteiger charge is 2.09. The normalized spacial score (nSPS) is 10.6. The number of methoxy groups -OCH3 is 2. The van der Waals surface area contributed by atoms with Gasteiger partial charge in [0.05, 0.1) is 20.6 Å². The molecule has 0 amide bonds. The monoisotopic (exact) mass is 277 g/mol. The molecule has 1 aromatic heterocycles. The van der Waals surface area contributed by atoms with Gasteiger partial charge < -0.3 is 19.3 Å². The topological polar surface area (TPSA) is 69.4 Å². The van der Waals surface area contributed by atoms with Crippen LogP contribution in [0.15, 0.2) is 22.7 Å². The molecule has 6 heteroatoms. The second kappa shape index (κ2) is 6.91. The van der Waals surface area contributed by atoms with Gasteiger partial charge in [-0.15, -0.1) is 0 Å². The first kappa shape index (κ1) is 14.3. The third-order valence-electron chi connectivity index (χ3n) is 2.91. The van der Waals surface area contributed by atoms with Gasteiger partial charge in [-0.05, 0) is 24.7 Å². The first-order valence-corrected chi connectivity index (χ1v) is 6.43. The fraction of sp³-hybridized carbons (Fsp3) is 0.429. The number of hydrogen-bond donors (Lipinski definition) is 1. The molecule has 20 heavy (non-hydrogen) atoms. The quantitative estimate of drug-likeness (QED) is 0.826. The average molecular weight is 277 g/mol. The lowest BCUT2D eigenvalue weighted by Crippen LogP contribution is -2.11. The summed E-state index contributed by atoms with van der Waals surface area (Å²) in [6.07, 6.45) is 1.33. The Hall–Kier alpha value is -2.08. The zero-order valence-electron chi connectivity index (χ0n) is 12.0. The van der Waals surface area contributed by atoms with E-state index in [-0.39, 0.29) is 0 Å². The Bertz CT molecular complexity index is 554. The minimum atomic E-state index is 0.576. The second-order valence-electron chi connectivity index (χ2n) is 4.32. The number of hydrogen-bond acceptors (Lipinski definition) is 6. The number of ether oxygens (including phenoxy) is 2. The van der Waals surface area contributed by atoms with E-state index in [4.69, 9.17) is 14.0 Å². The van der Waals surface area contributed by atoms with Crippen molar-refractivity contribution in [1.29, 1.82) is 0 Å². The van der Waals surface area contributed by atoms with Gasteiger partial charge in [0.1, 0.15) is 0 Å². The fourth-order valence-electron chi connectivity index (χ4n) is 1.87. The van der Waals surface area contributed by atoms with Crippen molar-refractivity contribution in [2.24, 2.45) is 0 Å². The third-order valence-corrected chi connectivity index (χ3v) is 2.91. The van der Waals surface area contributed by atoms with E-state index in [0.717, 1.165) is 24.4 Å². The lowest BCUT2D eigenvalue weighted by atomic mass is 10.1. The molecular weight excluding hydrogens is 258 g/mol. The third kappa shape index (κ3) is 3.48. The van der Waals surface area contributed by atoms with Crippen LogP contribution in [0.1, 0.15) is 17.3 Å². The van der Waals surface area contributed by atoms with Crippen LogP contribution >= 0.6 is 0 Å². The Labute approximate surface area is 118 Å². The Morgan fingerprint density at radius 2 is 2.00 bits per heavy atom. The molecule has 1 aromatic carbocycles. The largest absolute Gasteiger partial charge is 0.493 e. The molecule has 0 aliphatic rings. The zero-order valence-corrected chi connectivity index (χ0v) is 12.0. The highest BCUT2D eigenvalue weighted by atomic mass is 16.5. The molecule has 0 atom stereocenters. The number of likely N-dealkylation sites (N-methyl/N-ethyl adjacent to an activating group) is 1. The Balaban J connectivity index is 2.07. The predicted molar refractivity (Wildman–Crippen MR) is 74.3 cm³/mol. The number of nitrogens with one attached hydrogen (secondary N) is 1. The molecule has 0 fully saturated rings. The van der Waals surface area contributed by atoms with Crippen LogP contribution in [0.2, 0.25) is 0 Å². The summed E-state index contributed by atoms with van der Waals surface area (Å²) in [7, 11) is 5.12. The van der Waals surface area contributed by atoms with Gasteiger partial charge in [0.25, 0.3) is 0 Å². The first-order valence-electron chi connectivity index (χ1n) is 6.43. The van der Waals surface area contributed by atoms with Gasteiger partial charge in [-0.2, -0.15) is 4.98 Å². The van der Waals surface area contributed by atoms with Crippen LogP contribution in [0.5, 0.6) is 11.5 Å². The number of benzene rings is 1. The van der Waals surface area contributed by atoms with Gasteiger partial charge in [-0.25, -0.2) is 0 Å². The number of aromatic nitrogens is 2. The standard InChI is InChI=1S/C14H19N3O3/c1-15-7-6-13-16-14(20-17-13)9-10-4-5-11(18-2)12(8-10)19-3/h4-5,8,15H,6-7,9H2,1-3H3. The highest BCUT2D eigenvalue weighted by Crippen LogP contribution is 2.28. The summed E-state index contributed by atoms with van der Waals surface area (Å²) in [4.78, 5) is 4.35. The molecule has 2 aromatic rings. The molecule has 0 unspecified atom stereocenters. The van der Waals surface area contributed by atoms with E-state index >= 15 is 0 Å². The van der Waals surface area contributed by atoms with E-state index in [1.807, 2.05) is 25.2 Å². The summed E-state index contributed by atoms with van der Waals surface area (Å²) in [6.45, 7) is 0.829. The van der Waals surface area contributed by atoms with Crippen molar-refractivity contribution >= 4 is 0 Å². The molecule has 0 spiro atoms. The zero-order chi connectivity index (χ0) is 14.4. The maximum atomic E-state index is 5.27. The molecule has 0 aliphatic carbocycles. The second-order valence-corrected chi connectivity index (χ2v) is 4.32. The van der Waals surface area contributed by atoms with Crippen LogP contribution in [0, 0.1) is 0 Å². The average Bonchev–Trinajstić information content (AvgIpc) is 2.92. The molecule has 2 rings (SSSR count). The maximum Gasteiger partial charge on any atom is 0.231 e. The molecule has 0 radical (unpaired) electrons. The van der Waals surface area contributed by atoms with Gasteiger partial charge in [0, 0.05) is 13.0 Å². The van der Waals surface area contributed by atoms with Crippen molar-refractivity contribution in [3.8, 4) is 11.5 Å². The lowest BCUT2D eigenvalue weighted by Gasteiger charge is -2.08. The summed E-state index contributed by atoms with van der Waals surface area (Å²) in [5.74, 6) is 2.72. The van der Waals surface area contributed by atoms with E-state index in [0.29, 0.717) is 23.8 Å². The van der Waals surface area contributed by atoms with Crippen LogP contribution in [-0.4, -0.2) is 38.0 Å². The summed E-state index contributed by atoms with van der Waals surface area (Å²) >= 11 is 0. The molecule has 0 saturated carbocycles. The molecule has 6 nitrogen and oxygen atoms in total. The number of nitrogens with zero attached hydrogens (tertiary/aromatic N) is 2. The van der Waals surface area contributed by atoms with Gasteiger partial charge >= 0.3 is 0 Å². The minimum absolute atomic E-state index is 0.576. The van der Waals surface area contributed by atoms with Gasteiger partial charge in [0.2, 0.25) is 5.89 Å². The minimum Gasteiger partial charge on any atom is -0.493 e. The SMILES string of the molecule is CNCCc1noc(Cc2ccc(OC)c(OC)c2)n1. The Kier molecular flexibility index (Phi) is 4.95. The summed E-state index contributed by atoms with van der Waals surface area (Å²) in [5.41, 5.74) is 1.03. The maximum absolute atomic E-state index is 5.27. The van der Waals surface area contributed by atoms with Gasteiger partial charge in [-0.3, -0.25) is 0 Å². The van der Waals surface area contributed by atoms with E-state index in [2.05, 4.69) is 15.5 Å². The number of rotatable bonds is 7. The summed E-state index contributed by atoms with van der Waals surface area (Å²) in [6, 6.07) is 5.74. The molecule has 0 saturated heterocycles. The molecule has 108 valence electrons. The van der Waals surface area contributed by atoms with Crippen LogP contribution < -0.4 is 14.8 Å². The van der Waals surface area contributed by atoms with Crippen molar-refractivity contribution in [1.82, 2.24) is 15.5 Å². The smallest absolute Gasteiger partial charge is 0.231 e. The lowest BCUT2D eigenvalue weighted by molar-refractivity contribution is 0.354. The van der Waals surface area contributed by atoms with Crippen LogP contribution in [0.25, 0.3) is 0 Å². The van der Waals surface area contributed by atoms with Crippen molar-refractivity contribution in [3.63, 3.8) is 0 Å². The van der Waals surface area contributed by atoms with E-state index in [9.17, 15) is 0 Å². The van der Waals surface area contributed by atoms with Crippen LogP contribution in [0.3, 0.4) is 0 Å². The molecule has 1 N–H and O–H groups in total. The van der Waals surface area contributed by atoms with Crippen molar-refractivity contribution in [2.45, 2.75) is 12.8 Å². The Morgan fingerprint density at radius 3 is 2.70 bits per heavy atom. The summed E-state index contributed by atoms with van der Waals surface area (Å²) < 4.78 is 15.7. The van der Waals surface area contributed by atoms with Gasteiger partial charge in [0.15, 0.2) is 17.3 Å². The van der Waals surface area contributed by atoms with Crippen molar-refractivity contribution in [3.05, 3.63) is 35.5 Å². The van der Waals surface area contributed by atoms with E-state index in [1.165, 1.54) is 0 Å². The van der Waals surface area contributed by atoms with Crippen molar-refractivity contribution < 1.29 is 14.0 Å². The van der Waals surface area contributed by atoms with Crippen molar-refractivity contribution in [2.75, 3.05) is 27.8 Å². The predicted octanol–water partition coefficient (Wildman–Crippen LogP) is 1.44. The van der Waals surface area contributed by atoms with E-state index in [1.54, 1.807) is 14.2 Å². The fourth-order valence-corrected chi connectivity index (χ4v) is 1.87. The first-order chi connectivity index (χ1) is 9.76. The molecule has 0 bridgehead atoms. The molecular formula is C14H19N3O3. The van der Waals surface area contributed by atoms with Crippen LogP contribution in [-0.2, 0) is 12.8 Å². The molecule has 0 aliphatic heterocycles. The summed E-state index contributed by atoms with van der Waals surface area (Å²) in [5, 5.41) is 6.99. The van der Waals surface area contributed by atoms with Crippen LogP contribution in [0.4, 0.5) is 0 Å². The Morgan fingerprint density at radius 1 is 1.20 bits per heavy atom. The molecule has 1 heterocycles. The highest BCUT2D eigenvalue weighted by molar-refractivity contribution is 5.43. The van der Waals surface area contributed by atoms with E-state index < -0.39 is 0 Å².